The number of fused-ring (bicyclic) bond motifs is 1. The molecule has 0 aliphatic rings. The van der Waals surface area contributed by atoms with Crippen molar-refractivity contribution in [2.45, 2.75) is 6.42 Å². The highest BCUT2D eigenvalue weighted by atomic mass is 35.5. The Balaban J connectivity index is 2.02. The van der Waals surface area contributed by atoms with Crippen LogP contribution in [0.4, 0.5) is 5.69 Å². The van der Waals surface area contributed by atoms with Crippen molar-refractivity contribution in [3.05, 3.63) is 75.2 Å². The largest absolute Gasteiger partial charge is 0.291 e. The van der Waals surface area contributed by atoms with Crippen molar-refractivity contribution in [1.82, 2.24) is 9.97 Å². The molecular formula is C15H10ClN3O2. The Morgan fingerprint density at radius 1 is 1.05 bits per heavy atom. The monoisotopic (exact) mass is 299 g/mol. The zero-order valence-electron chi connectivity index (χ0n) is 10.9. The lowest BCUT2D eigenvalue weighted by Gasteiger charge is -2.04. The predicted octanol–water partition coefficient (Wildman–Crippen LogP) is 3.78. The maximum absolute atomic E-state index is 11.0. The van der Waals surface area contributed by atoms with E-state index in [1.807, 2.05) is 36.4 Å². The van der Waals surface area contributed by atoms with Crippen LogP contribution in [0.1, 0.15) is 11.4 Å². The molecule has 0 aliphatic heterocycles. The molecule has 2 heterocycles. The third-order valence-electron chi connectivity index (χ3n) is 3.12. The third-order valence-corrected chi connectivity index (χ3v) is 3.33. The van der Waals surface area contributed by atoms with Crippen LogP contribution in [0.5, 0.6) is 0 Å². The molecule has 3 rings (SSSR count). The summed E-state index contributed by atoms with van der Waals surface area (Å²) in [6.07, 6.45) is 0.266. The minimum absolute atomic E-state index is 0.0469. The van der Waals surface area contributed by atoms with Crippen LogP contribution in [0.2, 0.25) is 5.15 Å². The molecule has 6 heteroatoms. The normalized spacial score (nSPS) is 10.7. The van der Waals surface area contributed by atoms with E-state index < -0.39 is 4.92 Å². The standard InChI is InChI=1S/C15H10ClN3O2/c16-15-8-7-14(19(20)21)13(18-15)9-11-6-5-10-3-1-2-4-12(10)17-11/h1-8H,9H2. The summed E-state index contributed by atoms with van der Waals surface area (Å²) in [5.74, 6) is 0. The summed E-state index contributed by atoms with van der Waals surface area (Å²) in [6, 6.07) is 14.3. The van der Waals surface area contributed by atoms with Crippen LogP contribution in [0, 0.1) is 10.1 Å². The molecule has 0 saturated carbocycles. The number of aromatic nitrogens is 2. The number of para-hydroxylation sites is 1. The predicted molar refractivity (Wildman–Crippen MR) is 80.5 cm³/mol. The minimum atomic E-state index is -0.459. The van der Waals surface area contributed by atoms with Crippen molar-refractivity contribution in [2.24, 2.45) is 0 Å². The second-order valence-electron chi connectivity index (χ2n) is 4.53. The van der Waals surface area contributed by atoms with Crippen LogP contribution < -0.4 is 0 Å². The highest BCUT2D eigenvalue weighted by Crippen LogP contribution is 2.22. The fourth-order valence-corrected chi connectivity index (χ4v) is 2.31. The van der Waals surface area contributed by atoms with Crippen molar-refractivity contribution in [3.8, 4) is 0 Å². The number of nitrogens with zero attached hydrogens (tertiary/aromatic N) is 3. The van der Waals surface area contributed by atoms with E-state index in [0.29, 0.717) is 11.4 Å². The van der Waals surface area contributed by atoms with E-state index in [9.17, 15) is 10.1 Å². The van der Waals surface area contributed by atoms with Crippen LogP contribution in [-0.4, -0.2) is 14.9 Å². The maximum Gasteiger partial charge on any atom is 0.291 e. The molecule has 3 aromatic rings. The lowest BCUT2D eigenvalue weighted by molar-refractivity contribution is -0.385. The molecule has 1 aromatic carbocycles. The SMILES string of the molecule is O=[N+]([O-])c1ccc(Cl)nc1Cc1ccc2ccccc2n1. The molecule has 0 radical (unpaired) electrons. The van der Waals surface area contributed by atoms with E-state index >= 15 is 0 Å². The minimum Gasteiger partial charge on any atom is -0.258 e. The Hall–Kier alpha value is -2.53. The summed E-state index contributed by atoms with van der Waals surface area (Å²) in [7, 11) is 0. The molecule has 0 aliphatic carbocycles. The second-order valence-corrected chi connectivity index (χ2v) is 4.92. The Morgan fingerprint density at radius 3 is 2.67 bits per heavy atom. The first-order valence-corrected chi connectivity index (χ1v) is 6.66. The van der Waals surface area contributed by atoms with Gasteiger partial charge in [0.05, 0.1) is 10.4 Å². The van der Waals surface area contributed by atoms with Gasteiger partial charge in [-0.25, -0.2) is 4.98 Å². The maximum atomic E-state index is 11.0. The van der Waals surface area contributed by atoms with Gasteiger partial charge in [-0.3, -0.25) is 15.1 Å². The average molecular weight is 300 g/mol. The summed E-state index contributed by atoms with van der Waals surface area (Å²) in [5, 5.41) is 12.3. The molecule has 0 spiro atoms. The van der Waals surface area contributed by atoms with Crippen molar-refractivity contribution >= 4 is 28.2 Å². The van der Waals surface area contributed by atoms with Gasteiger partial charge in [0.2, 0.25) is 0 Å². The van der Waals surface area contributed by atoms with E-state index in [1.54, 1.807) is 0 Å². The molecule has 0 bridgehead atoms. The van der Waals surface area contributed by atoms with Crippen LogP contribution in [-0.2, 0) is 6.42 Å². The molecule has 0 N–H and O–H groups in total. The first kappa shape index (κ1) is 13.5. The van der Waals surface area contributed by atoms with E-state index in [1.165, 1.54) is 12.1 Å². The van der Waals surface area contributed by atoms with Crippen molar-refractivity contribution < 1.29 is 4.92 Å². The Morgan fingerprint density at radius 2 is 1.86 bits per heavy atom. The van der Waals surface area contributed by atoms with Crippen molar-refractivity contribution in [1.29, 1.82) is 0 Å². The molecule has 0 fully saturated rings. The zero-order chi connectivity index (χ0) is 14.8. The molecule has 0 atom stereocenters. The Labute approximate surface area is 125 Å². The van der Waals surface area contributed by atoms with Gasteiger partial charge in [0.1, 0.15) is 10.8 Å². The fraction of sp³-hybridized carbons (Fsp3) is 0.0667. The topological polar surface area (TPSA) is 68.9 Å². The molecule has 5 nitrogen and oxygen atoms in total. The zero-order valence-corrected chi connectivity index (χ0v) is 11.6. The van der Waals surface area contributed by atoms with E-state index in [2.05, 4.69) is 9.97 Å². The van der Waals surface area contributed by atoms with Crippen molar-refractivity contribution in [2.75, 3.05) is 0 Å². The van der Waals surface area contributed by atoms with Gasteiger partial charge in [-0.05, 0) is 18.2 Å². The molecule has 2 aromatic heterocycles. The van der Waals surface area contributed by atoms with Gasteiger partial charge in [0.25, 0.3) is 5.69 Å². The first-order valence-electron chi connectivity index (χ1n) is 6.28. The summed E-state index contributed by atoms with van der Waals surface area (Å²) in [4.78, 5) is 19.1. The van der Waals surface area contributed by atoms with Crippen LogP contribution in [0.25, 0.3) is 10.9 Å². The highest BCUT2D eigenvalue weighted by molar-refractivity contribution is 6.29. The highest BCUT2D eigenvalue weighted by Gasteiger charge is 2.16. The third kappa shape index (κ3) is 2.83. The molecule has 0 unspecified atom stereocenters. The van der Waals surface area contributed by atoms with Gasteiger partial charge in [-0.2, -0.15) is 0 Å². The van der Waals surface area contributed by atoms with Crippen LogP contribution in [0.15, 0.2) is 48.5 Å². The summed E-state index contributed by atoms with van der Waals surface area (Å²) < 4.78 is 0. The summed E-state index contributed by atoms with van der Waals surface area (Å²) in [5.41, 5.74) is 1.83. The molecular weight excluding hydrogens is 290 g/mol. The van der Waals surface area contributed by atoms with Crippen LogP contribution in [0.3, 0.4) is 0 Å². The van der Waals surface area contributed by atoms with Gasteiger partial charge in [0.15, 0.2) is 0 Å². The molecule has 0 saturated heterocycles. The average Bonchev–Trinajstić information content (AvgIpc) is 2.47. The number of hydrogen-bond donors (Lipinski definition) is 0. The van der Waals surface area contributed by atoms with Gasteiger partial charge in [-0.15, -0.1) is 0 Å². The first-order chi connectivity index (χ1) is 10.1. The van der Waals surface area contributed by atoms with Gasteiger partial charge >= 0.3 is 0 Å². The van der Waals surface area contributed by atoms with E-state index in [0.717, 1.165) is 10.9 Å². The molecule has 21 heavy (non-hydrogen) atoms. The number of nitro groups is 1. The Bertz CT molecular complexity index is 836. The number of benzene rings is 1. The second kappa shape index (κ2) is 5.46. The molecule has 104 valence electrons. The quantitative estimate of drug-likeness (QED) is 0.419. The number of rotatable bonds is 3. The Kier molecular flexibility index (Phi) is 3.50. The summed E-state index contributed by atoms with van der Waals surface area (Å²) in [6.45, 7) is 0. The van der Waals surface area contributed by atoms with Gasteiger partial charge in [0, 0.05) is 23.6 Å². The lowest BCUT2D eigenvalue weighted by Crippen LogP contribution is -2.01. The number of hydrogen-bond acceptors (Lipinski definition) is 4. The van der Waals surface area contributed by atoms with E-state index in [4.69, 9.17) is 11.6 Å². The van der Waals surface area contributed by atoms with E-state index in [-0.39, 0.29) is 17.3 Å². The number of pyridine rings is 2. The smallest absolute Gasteiger partial charge is 0.258 e. The fourth-order valence-electron chi connectivity index (χ4n) is 2.14. The molecule has 0 amide bonds. The van der Waals surface area contributed by atoms with Crippen LogP contribution >= 0.6 is 11.6 Å². The lowest BCUT2D eigenvalue weighted by atomic mass is 10.1. The number of halogens is 1. The van der Waals surface area contributed by atoms with Crippen molar-refractivity contribution in [3.63, 3.8) is 0 Å². The summed E-state index contributed by atoms with van der Waals surface area (Å²) >= 11 is 5.83. The van der Waals surface area contributed by atoms with Gasteiger partial charge < -0.3 is 0 Å². The van der Waals surface area contributed by atoms with Gasteiger partial charge in [-0.1, -0.05) is 35.9 Å².